The van der Waals surface area contributed by atoms with Gasteiger partial charge in [0.25, 0.3) is 0 Å². The average molecular weight is 566 g/mol. The van der Waals surface area contributed by atoms with Crippen LogP contribution >= 0.6 is 0 Å². The number of carbonyl (C=O) groups excluding carboxylic acids is 2. The normalized spacial score (nSPS) is 11.9. The second kappa shape index (κ2) is 14.5. The highest BCUT2D eigenvalue weighted by Gasteiger charge is 2.30. The number of ether oxygens (including phenoxy) is 1. The molecule has 3 rings (SSSR count). The Morgan fingerprint density at radius 2 is 1.60 bits per heavy atom. The first-order valence-electron chi connectivity index (χ1n) is 13.5. The van der Waals surface area contributed by atoms with E-state index in [0.717, 1.165) is 40.1 Å². The molecular weight excluding hydrogens is 526 g/mol. The molecule has 3 aromatic carbocycles. The number of amides is 2. The van der Waals surface area contributed by atoms with Gasteiger partial charge in [-0.1, -0.05) is 67.9 Å². The van der Waals surface area contributed by atoms with Crippen molar-refractivity contribution in [1.29, 1.82) is 0 Å². The Kier molecular flexibility index (Phi) is 11.1. The van der Waals surface area contributed by atoms with E-state index < -0.39 is 28.5 Å². The molecule has 0 unspecified atom stereocenters. The first kappa shape index (κ1) is 30.7. The molecule has 3 aromatic rings. The molecule has 0 aliphatic carbocycles. The second-order valence-corrected chi connectivity index (χ2v) is 11.7. The molecule has 0 radical (unpaired) electrons. The van der Waals surface area contributed by atoms with Crippen molar-refractivity contribution in [2.45, 2.75) is 52.8 Å². The highest BCUT2D eigenvalue weighted by Crippen LogP contribution is 2.23. The molecule has 0 saturated heterocycles. The lowest BCUT2D eigenvalue weighted by molar-refractivity contribution is -0.139. The van der Waals surface area contributed by atoms with Gasteiger partial charge in [0.15, 0.2) is 0 Å². The fraction of sp³-hybridized carbons (Fsp3) is 0.355. The van der Waals surface area contributed by atoms with Crippen molar-refractivity contribution in [3.05, 3.63) is 95.6 Å². The molecule has 1 N–H and O–H groups in total. The van der Waals surface area contributed by atoms with Crippen LogP contribution in [0.4, 0.5) is 5.69 Å². The van der Waals surface area contributed by atoms with E-state index in [2.05, 4.69) is 5.32 Å². The van der Waals surface area contributed by atoms with Crippen molar-refractivity contribution >= 4 is 27.5 Å². The molecule has 9 heteroatoms. The topological polar surface area (TPSA) is 96.0 Å². The molecule has 0 aliphatic heterocycles. The molecule has 0 fully saturated rings. The van der Waals surface area contributed by atoms with E-state index in [0.29, 0.717) is 24.6 Å². The van der Waals surface area contributed by atoms with Crippen LogP contribution in [-0.4, -0.2) is 50.5 Å². The van der Waals surface area contributed by atoms with Gasteiger partial charge in [-0.3, -0.25) is 13.9 Å². The van der Waals surface area contributed by atoms with Crippen molar-refractivity contribution in [1.82, 2.24) is 10.2 Å². The van der Waals surface area contributed by atoms with E-state index >= 15 is 0 Å². The van der Waals surface area contributed by atoms with Crippen LogP contribution < -0.4 is 14.4 Å². The van der Waals surface area contributed by atoms with E-state index in [1.54, 1.807) is 31.2 Å². The third kappa shape index (κ3) is 8.84. The number of nitrogens with one attached hydrogen (secondary N) is 1. The number of benzene rings is 3. The molecule has 40 heavy (non-hydrogen) atoms. The lowest BCUT2D eigenvalue weighted by Crippen LogP contribution is -2.51. The van der Waals surface area contributed by atoms with Crippen LogP contribution in [0, 0.1) is 6.92 Å². The van der Waals surface area contributed by atoms with Crippen molar-refractivity contribution in [2.75, 3.05) is 23.7 Å². The van der Waals surface area contributed by atoms with Crippen molar-refractivity contribution < 1.29 is 22.7 Å². The second-order valence-electron chi connectivity index (χ2n) is 9.81. The van der Waals surface area contributed by atoms with E-state index in [4.69, 9.17) is 4.74 Å². The number of hydrogen-bond acceptors (Lipinski definition) is 5. The summed E-state index contributed by atoms with van der Waals surface area (Å²) in [6.45, 7) is 6.26. The highest BCUT2D eigenvalue weighted by molar-refractivity contribution is 7.92. The minimum Gasteiger partial charge on any atom is -0.489 e. The molecular formula is C31H39N3O5S. The van der Waals surface area contributed by atoms with Gasteiger partial charge < -0.3 is 15.0 Å². The van der Waals surface area contributed by atoms with E-state index in [1.165, 1.54) is 4.90 Å². The zero-order valence-corrected chi connectivity index (χ0v) is 24.5. The molecule has 1 atom stereocenters. The van der Waals surface area contributed by atoms with Gasteiger partial charge >= 0.3 is 0 Å². The third-order valence-corrected chi connectivity index (χ3v) is 7.79. The van der Waals surface area contributed by atoms with Gasteiger partial charge in [0, 0.05) is 13.1 Å². The summed E-state index contributed by atoms with van der Waals surface area (Å²) in [5, 5.41) is 2.89. The highest BCUT2D eigenvalue weighted by atomic mass is 32.2. The van der Waals surface area contributed by atoms with Crippen LogP contribution in [0.5, 0.6) is 5.75 Å². The predicted octanol–water partition coefficient (Wildman–Crippen LogP) is 4.67. The van der Waals surface area contributed by atoms with Gasteiger partial charge in [0.2, 0.25) is 21.8 Å². The number of hydrogen-bond donors (Lipinski definition) is 1. The van der Waals surface area contributed by atoms with Crippen LogP contribution in [-0.2, 0) is 32.8 Å². The molecule has 0 aromatic heterocycles. The summed E-state index contributed by atoms with van der Waals surface area (Å²) in [6.07, 6.45) is 2.82. The quantitative estimate of drug-likeness (QED) is 0.287. The van der Waals surface area contributed by atoms with Crippen molar-refractivity contribution in [2.24, 2.45) is 0 Å². The third-order valence-electron chi connectivity index (χ3n) is 6.65. The van der Waals surface area contributed by atoms with Gasteiger partial charge in [-0.15, -0.1) is 0 Å². The summed E-state index contributed by atoms with van der Waals surface area (Å²) < 4.78 is 32.5. The van der Waals surface area contributed by atoms with E-state index in [-0.39, 0.29) is 12.5 Å². The van der Waals surface area contributed by atoms with Gasteiger partial charge in [0.05, 0.1) is 11.9 Å². The Morgan fingerprint density at radius 1 is 0.950 bits per heavy atom. The van der Waals surface area contributed by atoms with E-state index in [9.17, 15) is 18.0 Å². The summed E-state index contributed by atoms with van der Waals surface area (Å²) in [6, 6.07) is 23.1. The number of nitrogens with zero attached hydrogens (tertiary/aromatic N) is 2. The summed E-state index contributed by atoms with van der Waals surface area (Å²) >= 11 is 0. The molecule has 0 aliphatic rings. The smallest absolute Gasteiger partial charge is 0.244 e. The maximum absolute atomic E-state index is 13.7. The van der Waals surface area contributed by atoms with Gasteiger partial charge in [-0.2, -0.15) is 0 Å². The molecule has 0 saturated carbocycles. The lowest BCUT2D eigenvalue weighted by Gasteiger charge is -2.32. The van der Waals surface area contributed by atoms with Crippen molar-refractivity contribution in [3.8, 4) is 5.75 Å². The minimum atomic E-state index is -3.81. The molecule has 0 heterocycles. The summed E-state index contributed by atoms with van der Waals surface area (Å²) in [7, 11) is -3.81. The summed E-state index contributed by atoms with van der Waals surface area (Å²) in [4.78, 5) is 28.1. The number of rotatable bonds is 14. The number of unbranched alkanes of at least 4 members (excludes halogenated alkanes) is 1. The Hall–Kier alpha value is -3.85. The monoisotopic (exact) mass is 565 g/mol. The predicted molar refractivity (Wildman–Crippen MR) is 159 cm³/mol. The number of anilines is 1. The fourth-order valence-corrected chi connectivity index (χ4v) is 5.00. The van der Waals surface area contributed by atoms with Gasteiger partial charge in [-0.05, 0) is 61.2 Å². The molecule has 8 nitrogen and oxygen atoms in total. The van der Waals surface area contributed by atoms with Crippen LogP contribution in [0.25, 0.3) is 0 Å². The summed E-state index contributed by atoms with van der Waals surface area (Å²) in [5.74, 6) is -0.177. The molecule has 0 spiro atoms. The number of sulfonamides is 1. The standard InChI is InChI=1S/C31H39N3O5S/c1-5-6-20-32-31(36)25(3)33(21-27-15-11-10-12-24(27)2)30(35)22-34(40(4,37)38)28-16-18-29(19-17-28)39-23-26-13-8-7-9-14-26/h7-19,25H,5-6,20-23H2,1-4H3,(H,32,36)/t25-/m0/s1. The molecule has 214 valence electrons. The fourth-order valence-electron chi connectivity index (χ4n) is 4.15. The van der Waals surface area contributed by atoms with Crippen LogP contribution in [0.15, 0.2) is 78.9 Å². The van der Waals surface area contributed by atoms with Crippen LogP contribution in [0.1, 0.15) is 43.4 Å². The molecule has 0 bridgehead atoms. The van der Waals surface area contributed by atoms with Gasteiger partial charge in [0.1, 0.15) is 24.9 Å². The zero-order chi connectivity index (χ0) is 29.1. The Bertz CT molecular complexity index is 1360. The van der Waals surface area contributed by atoms with Crippen LogP contribution in [0.2, 0.25) is 0 Å². The summed E-state index contributed by atoms with van der Waals surface area (Å²) in [5.41, 5.74) is 3.20. The van der Waals surface area contributed by atoms with Crippen LogP contribution in [0.3, 0.4) is 0 Å². The minimum absolute atomic E-state index is 0.178. The largest absolute Gasteiger partial charge is 0.489 e. The Morgan fingerprint density at radius 3 is 2.23 bits per heavy atom. The number of aryl methyl sites for hydroxylation is 1. The number of carbonyl (C=O) groups is 2. The molecule has 2 amide bonds. The zero-order valence-electron chi connectivity index (χ0n) is 23.7. The first-order chi connectivity index (χ1) is 19.1. The lowest BCUT2D eigenvalue weighted by atomic mass is 10.1. The van der Waals surface area contributed by atoms with E-state index in [1.807, 2.05) is 68.4 Å². The maximum Gasteiger partial charge on any atom is 0.244 e. The first-order valence-corrected chi connectivity index (χ1v) is 15.3. The average Bonchev–Trinajstić information content (AvgIpc) is 2.94. The maximum atomic E-state index is 13.7. The SMILES string of the molecule is CCCCNC(=O)[C@H](C)N(Cc1ccccc1C)C(=O)CN(c1ccc(OCc2ccccc2)cc1)S(C)(=O)=O. The Labute approximate surface area is 238 Å². The van der Waals surface area contributed by atoms with Crippen molar-refractivity contribution in [3.63, 3.8) is 0 Å². The Balaban J connectivity index is 1.81. The van der Waals surface area contributed by atoms with Gasteiger partial charge in [-0.25, -0.2) is 8.42 Å².